The van der Waals surface area contributed by atoms with E-state index in [0.29, 0.717) is 23.0 Å². The zero-order valence-electron chi connectivity index (χ0n) is 9.83. The highest BCUT2D eigenvalue weighted by Crippen LogP contribution is 2.23. The SMILES string of the molecule is CS(=O)CCNC(=O)c1cc2c(Cl)cccc2[nH]1. The molecule has 0 spiro atoms. The minimum Gasteiger partial charge on any atom is -0.350 e. The number of H-pyrrole nitrogens is 1. The number of halogens is 1. The van der Waals surface area contributed by atoms with Crippen molar-refractivity contribution in [1.29, 1.82) is 0 Å². The van der Waals surface area contributed by atoms with Gasteiger partial charge in [0.2, 0.25) is 0 Å². The second kappa shape index (κ2) is 5.54. The lowest BCUT2D eigenvalue weighted by Gasteiger charge is -2.01. The maximum atomic E-state index is 11.8. The molecule has 2 N–H and O–H groups in total. The van der Waals surface area contributed by atoms with Crippen LogP contribution in [-0.2, 0) is 10.8 Å². The zero-order valence-corrected chi connectivity index (χ0v) is 11.4. The van der Waals surface area contributed by atoms with Gasteiger partial charge < -0.3 is 10.3 Å². The third kappa shape index (κ3) is 2.91. The summed E-state index contributed by atoms with van der Waals surface area (Å²) < 4.78 is 10.9. The molecule has 4 nitrogen and oxygen atoms in total. The van der Waals surface area contributed by atoms with Crippen LogP contribution in [-0.4, -0.2) is 33.7 Å². The summed E-state index contributed by atoms with van der Waals surface area (Å²) in [6, 6.07) is 7.18. The minimum atomic E-state index is -0.903. The smallest absolute Gasteiger partial charge is 0.267 e. The zero-order chi connectivity index (χ0) is 13.1. The molecule has 96 valence electrons. The Hall–Kier alpha value is -1.33. The molecule has 0 aliphatic heterocycles. The summed E-state index contributed by atoms with van der Waals surface area (Å²) in [4.78, 5) is 14.8. The average molecular weight is 285 g/mol. The van der Waals surface area contributed by atoms with E-state index in [-0.39, 0.29) is 5.91 Å². The monoisotopic (exact) mass is 284 g/mol. The highest BCUT2D eigenvalue weighted by atomic mass is 35.5. The van der Waals surface area contributed by atoms with Crippen LogP contribution in [0.1, 0.15) is 10.5 Å². The predicted molar refractivity (Wildman–Crippen MR) is 74.6 cm³/mol. The third-order valence-corrected chi connectivity index (χ3v) is 3.64. The molecule has 0 fully saturated rings. The van der Waals surface area contributed by atoms with Crippen molar-refractivity contribution in [2.45, 2.75) is 0 Å². The molecule has 2 rings (SSSR count). The largest absolute Gasteiger partial charge is 0.350 e. The summed E-state index contributed by atoms with van der Waals surface area (Å²) >= 11 is 6.03. The fraction of sp³-hybridized carbons (Fsp3) is 0.250. The van der Waals surface area contributed by atoms with E-state index in [1.54, 1.807) is 18.4 Å². The molecule has 0 aliphatic rings. The molecular formula is C12H13ClN2O2S. The number of aromatic amines is 1. The standard InChI is InChI=1S/C12H13ClN2O2S/c1-18(17)6-5-14-12(16)11-7-8-9(13)3-2-4-10(8)15-11/h2-4,7,15H,5-6H2,1H3,(H,14,16). The van der Waals surface area contributed by atoms with Crippen molar-refractivity contribution in [1.82, 2.24) is 10.3 Å². The molecule has 6 heteroatoms. The maximum Gasteiger partial charge on any atom is 0.267 e. The van der Waals surface area contributed by atoms with Crippen molar-refractivity contribution in [3.63, 3.8) is 0 Å². The van der Waals surface area contributed by atoms with Crippen LogP contribution in [0, 0.1) is 0 Å². The van der Waals surface area contributed by atoms with Crippen LogP contribution in [0.25, 0.3) is 10.9 Å². The Morgan fingerprint density at radius 2 is 2.28 bits per heavy atom. The second-order valence-electron chi connectivity index (χ2n) is 3.92. The number of aromatic nitrogens is 1. The van der Waals surface area contributed by atoms with Gasteiger partial charge in [0.25, 0.3) is 5.91 Å². The fourth-order valence-corrected chi connectivity index (χ4v) is 2.26. The van der Waals surface area contributed by atoms with Gasteiger partial charge >= 0.3 is 0 Å². The van der Waals surface area contributed by atoms with E-state index >= 15 is 0 Å². The summed E-state index contributed by atoms with van der Waals surface area (Å²) in [6.45, 7) is 0.394. The Morgan fingerprint density at radius 1 is 1.50 bits per heavy atom. The molecule has 1 aromatic heterocycles. The highest BCUT2D eigenvalue weighted by Gasteiger charge is 2.10. The fourth-order valence-electron chi connectivity index (χ4n) is 1.64. The van der Waals surface area contributed by atoms with Crippen LogP contribution in [0.15, 0.2) is 24.3 Å². The van der Waals surface area contributed by atoms with Gasteiger partial charge in [-0.2, -0.15) is 0 Å². The number of carbonyl (C=O) groups is 1. The predicted octanol–water partition coefficient (Wildman–Crippen LogP) is 1.93. The molecule has 0 radical (unpaired) electrons. The van der Waals surface area contributed by atoms with Crippen molar-refractivity contribution < 1.29 is 9.00 Å². The summed E-state index contributed by atoms with van der Waals surface area (Å²) in [5, 5.41) is 4.14. The van der Waals surface area contributed by atoms with Crippen LogP contribution in [0.2, 0.25) is 5.02 Å². The molecule has 0 saturated carbocycles. The Kier molecular flexibility index (Phi) is 4.04. The lowest BCUT2D eigenvalue weighted by Crippen LogP contribution is -2.27. The summed E-state index contributed by atoms with van der Waals surface area (Å²) in [7, 11) is -0.903. The first-order valence-electron chi connectivity index (χ1n) is 5.43. The normalized spacial score (nSPS) is 12.6. The summed E-state index contributed by atoms with van der Waals surface area (Å²) in [5.74, 6) is 0.236. The van der Waals surface area contributed by atoms with Crippen molar-refractivity contribution in [2.24, 2.45) is 0 Å². The van der Waals surface area contributed by atoms with Gasteiger partial charge in [-0.15, -0.1) is 0 Å². The Bertz CT molecular complexity index is 609. The summed E-state index contributed by atoms with van der Waals surface area (Å²) in [6.07, 6.45) is 1.61. The van der Waals surface area contributed by atoms with E-state index in [2.05, 4.69) is 10.3 Å². The van der Waals surface area contributed by atoms with Gasteiger partial charge in [-0.05, 0) is 18.2 Å². The van der Waals surface area contributed by atoms with Gasteiger partial charge in [0.1, 0.15) is 5.69 Å². The molecule has 2 aromatic rings. The van der Waals surface area contributed by atoms with Crippen molar-refractivity contribution in [2.75, 3.05) is 18.6 Å². The number of rotatable bonds is 4. The van der Waals surface area contributed by atoms with Crippen molar-refractivity contribution in [3.05, 3.63) is 35.0 Å². The molecular weight excluding hydrogens is 272 g/mol. The molecule has 1 atom stereocenters. The van der Waals surface area contributed by atoms with Crippen LogP contribution >= 0.6 is 11.6 Å². The number of hydrogen-bond donors (Lipinski definition) is 2. The number of benzene rings is 1. The van der Waals surface area contributed by atoms with Gasteiger partial charge in [-0.3, -0.25) is 9.00 Å². The van der Waals surface area contributed by atoms with E-state index in [9.17, 15) is 9.00 Å². The second-order valence-corrected chi connectivity index (χ2v) is 5.88. The average Bonchev–Trinajstić information content (AvgIpc) is 2.74. The minimum absolute atomic E-state index is 0.215. The van der Waals surface area contributed by atoms with Gasteiger partial charge in [-0.1, -0.05) is 17.7 Å². The quantitative estimate of drug-likeness (QED) is 0.901. The molecule has 18 heavy (non-hydrogen) atoms. The third-order valence-electron chi connectivity index (χ3n) is 2.53. The van der Waals surface area contributed by atoms with Crippen LogP contribution in [0.4, 0.5) is 0 Å². The van der Waals surface area contributed by atoms with Crippen LogP contribution < -0.4 is 5.32 Å². The van der Waals surface area contributed by atoms with Crippen LogP contribution in [0.3, 0.4) is 0 Å². The Labute approximate surface area is 112 Å². The molecule has 1 aromatic carbocycles. The van der Waals surface area contributed by atoms with E-state index in [1.165, 1.54) is 0 Å². The molecule has 0 aliphatic carbocycles. The first-order valence-corrected chi connectivity index (χ1v) is 7.54. The van der Waals surface area contributed by atoms with Crippen LogP contribution in [0.5, 0.6) is 0 Å². The van der Waals surface area contributed by atoms with E-state index in [0.717, 1.165) is 10.9 Å². The molecule has 0 saturated heterocycles. The molecule has 1 unspecified atom stereocenters. The van der Waals surface area contributed by atoms with Crippen molar-refractivity contribution in [3.8, 4) is 0 Å². The van der Waals surface area contributed by atoms with Gasteiger partial charge in [0, 0.05) is 45.3 Å². The van der Waals surface area contributed by atoms with Gasteiger partial charge in [0.15, 0.2) is 0 Å². The lowest BCUT2D eigenvalue weighted by atomic mass is 10.2. The van der Waals surface area contributed by atoms with Gasteiger partial charge in [-0.25, -0.2) is 0 Å². The van der Waals surface area contributed by atoms with Gasteiger partial charge in [0.05, 0.1) is 0 Å². The maximum absolute atomic E-state index is 11.8. The highest BCUT2D eigenvalue weighted by molar-refractivity contribution is 7.84. The Balaban J connectivity index is 2.13. The number of amides is 1. The van der Waals surface area contributed by atoms with E-state index < -0.39 is 10.8 Å². The van der Waals surface area contributed by atoms with E-state index in [4.69, 9.17) is 11.6 Å². The lowest BCUT2D eigenvalue weighted by molar-refractivity contribution is 0.0952. The first kappa shape index (κ1) is 13.1. The number of nitrogens with one attached hydrogen (secondary N) is 2. The Morgan fingerprint density at radius 3 is 2.94 bits per heavy atom. The number of carbonyl (C=O) groups excluding carboxylic acids is 1. The topological polar surface area (TPSA) is 62.0 Å². The molecule has 0 bridgehead atoms. The first-order chi connectivity index (χ1) is 8.58. The summed E-state index contributed by atoms with van der Waals surface area (Å²) in [5.41, 5.74) is 1.28. The van der Waals surface area contributed by atoms with E-state index in [1.807, 2.05) is 12.1 Å². The number of hydrogen-bond acceptors (Lipinski definition) is 2. The van der Waals surface area contributed by atoms with Crippen molar-refractivity contribution >= 4 is 39.2 Å². The molecule has 1 amide bonds. The number of fused-ring (bicyclic) bond motifs is 1. The molecule has 1 heterocycles.